The first-order chi connectivity index (χ1) is 12.8. The van der Waals surface area contributed by atoms with Crippen molar-refractivity contribution in [2.75, 3.05) is 39.8 Å². The number of fused-ring (bicyclic) bond motifs is 1. The van der Waals surface area contributed by atoms with E-state index in [2.05, 4.69) is 37.6 Å². The fourth-order valence-corrected chi connectivity index (χ4v) is 3.37. The van der Waals surface area contributed by atoms with Crippen molar-refractivity contribution >= 4 is 11.6 Å². The van der Waals surface area contributed by atoms with Gasteiger partial charge in [-0.15, -0.1) is 10.2 Å². The fourth-order valence-electron chi connectivity index (χ4n) is 3.37. The summed E-state index contributed by atoms with van der Waals surface area (Å²) in [6, 6.07) is 5.94. The normalized spacial score (nSPS) is 16.9. The van der Waals surface area contributed by atoms with E-state index in [1.54, 1.807) is 0 Å². The number of pyridine rings is 1. The first kappa shape index (κ1) is 18.6. The molecule has 0 amide bonds. The minimum absolute atomic E-state index is 0.777. The molecule has 0 spiro atoms. The van der Waals surface area contributed by atoms with Gasteiger partial charge in [0.05, 0.1) is 0 Å². The van der Waals surface area contributed by atoms with Crippen molar-refractivity contribution in [1.82, 2.24) is 30.1 Å². The van der Waals surface area contributed by atoms with Gasteiger partial charge in [0.25, 0.3) is 0 Å². The summed E-state index contributed by atoms with van der Waals surface area (Å²) < 4.78 is 2.03. The van der Waals surface area contributed by atoms with E-state index in [1.807, 2.05) is 35.8 Å². The van der Waals surface area contributed by atoms with E-state index < -0.39 is 0 Å². The van der Waals surface area contributed by atoms with Gasteiger partial charge < -0.3 is 15.5 Å². The van der Waals surface area contributed by atoms with Crippen LogP contribution in [-0.2, 0) is 6.42 Å². The molecule has 0 radical (unpaired) electrons. The van der Waals surface area contributed by atoms with Crippen LogP contribution in [0.3, 0.4) is 0 Å². The molecular weight excluding hydrogens is 326 g/mol. The fraction of sp³-hybridized carbons (Fsp3) is 0.632. The number of guanidine groups is 1. The highest BCUT2D eigenvalue weighted by atomic mass is 15.2. The number of nitrogens with zero attached hydrogens (tertiary/aromatic N) is 5. The van der Waals surface area contributed by atoms with E-state index in [4.69, 9.17) is 0 Å². The molecule has 0 aromatic carbocycles. The van der Waals surface area contributed by atoms with E-state index in [-0.39, 0.29) is 0 Å². The Hall–Kier alpha value is -2.15. The van der Waals surface area contributed by atoms with E-state index in [9.17, 15) is 0 Å². The molecule has 2 aromatic heterocycles. The number of piperidine rings is 1. The van der Waals surface area contributed by atoms with Crippen molar-refractivity contribution in [3.05, 3.63) is 30.2 Å². The molecule has 3 heterocycles. The SMILES string of the molecule is CN=C(NCCCN1CCC(C)CC1)NCCc1nnc2ccccn12. The third kappa shape index (κ3) is 5.17. The van der Waals surface area contributed by atoms with E-state index in [0.29, 0.717) is 0 Å². The molecule has 1 fully saturated rings. The Balaban J connectivity index is 1.33. The predicted molar refractivity (Wildman–Crippen MR) is 106 cm³/mol. The third-order valence-corrected chi connectivity index (χ3v) is 5.07. The maximum absolute atomic E-state index is 4.30. The number of nitrogens with one attached hydrogen (secondary N) is 2. The summed E-state index contributed by atoms with van der Waals surface area (Å²) in [5.41, 5.74) is 0.886. The van der Waals surface area contributed by atoms with Crippen LogP contribution >= 0.6 is 0 Å². The number of rotatable bonds is 7. The Morgan fingerprint density at radius 3 is 2.81 bits per heavy atom. The number of aliphatic imine (C=N–C) groups is 1. The number of hydrogen-bond acceptors (Lipinski definition) is 4. The van der Waals surface area contributed by atoms with Gasteiger partial charge in [0.1, 0.15) is 5.82 Å². The molecule has 0 aliphatic carbocycles. The molecule has 3 rings (SSSR count). The van der Waals surface area contributed by atoms with Gasteiger partial charge in [-0.25, -0.2) is 0 Å². The van der Waals surface area contributed by atoms with Crippen LogP contribution in [0, 0.1) is 5.92 Å². The highest BCUT2D eigenvalue weighted by Crippen LogP contribution is 2.15. The highest BCUT2D eigenvalue weighted by Gasteiger charge is 2.14. The molecule has 2 aromatic rings. The van der Waals surface area contributed by atoms with Crippen molar-refractivity contribution in [1.29, 1.82) is 0 Å². The first-order valence-corrected chi connectivity index (χ1v) is 9.72. The molecule has 0 bridgehead atoms. The van der Waals surface area contributed by atoms with Crippen LogP contribution in [0.15, 0.2) is 29.4 Å². The second-order valence-corrected chi connectivity index (χ2v) is 7.10. The van der Waals surface area contributed by atoms with Crippen molar-refractivity contribution in [3.63, 3.8) is 0 Å². The molecule has 1 saturated heterocycles. The Labute approximate surface area is 155 Å². The van der Waals surface area contributed by atoms with Gasteiger partial charge in [-0.1, -0.05) is 13.0 Å². The largest absolute Gasteiger partial charge is 0.356 e. The second kappa shape index (κ2) is 9.52. The second-order valence-electron chi connectivity index (χ2n) is 7.10. The summed E-state index contributed by atoms with van der Waals surface area (Å²) in [7, 11) is 1.81. The molecule has 2 N–H and O–H groups in total. The van der Waals surface area contributed by atoms with Crippen molar-refractivity contribution in [3.8, 4) is 0 Å². The molecule has 1 aliphatic rings. The van der Waals surface area contributed by atoms with Crippen LogP contribution in [-0.4, -0.2) is 65.2 Å². The maximum atomic E-state index is 4.30. The minimum Gasteiger partial charge on any atom is -0.356 e. The summed E-state index contributed by atoms with van der Waals surface area (Å²) in [5, 5.41) is 15.2. The Kier molecular flexibility index (Phi) is 6.82. The topological polar surface area (TPSA) is 69.8 Å². The molecule has 0 atom stereocenters. The lowest BCUT2D eigenvalue weighted by Gasteiger charge is -2.30. The molecular formula is C19H31N7. The van der Waals surface area contributed by atoms with E-state index >= 15 is 0 Å². The zero-order valence-electron chi connectivity index (χ0n) is 16.0. The van der Waals surface area contributed by atoms with Crippen LogP contribution in [0.5, 0.6) is 0 Å². The molecule has 7 heteroatoms. The van der Waals surface area contributed by atoms with Gasteiger partial charge in [-0.05, 0) is 56.9 Å². The molecule has 0 saturated carbocycles. The van der Waals surface area contributed by atoms with Gasteiger partial charge in [-0.2, -0.15) is 0 Å². The summed E-state index contributed by atoms with van der Waals surface area (Å²) in [6.45, 7) is 7.75. The van der Waals surface area contributed by atoms with Gasteiger partial charge in [-0.3, -0.25) is 9.39 Å². The zero-order valence-corrected chi connectivity index (χ0v) is 16.0. The van der Waals surface area contributed by atoms with Crippen LogP contribution < -0.4 is 10.6 Å². The van der Waals surface area contributed by atoms with Crippen molar-refractivity contribution in [2.45, 2.75) is 32.6 Å². The molecule has 7 nitrogen and oxygen atoms in total. The molecule has 0 unspecified atom stereocenters. The van der Waals surface area contributed by atoms with Crippen LogP contribution in [0.1, 0.15) is 32.0 Å². The van der Waals surface area contributed by atoms with Crippen LogP contribution in [0.4, 0.5) is 0 Å². The Morgan fingerprint density at radius 1 is 1.19 bits per heavy atom. The van der Waals surface area contributed by atoms with Crippen LogP contribution in [0.25, 0.3) is 5.65 Å². The summed E-state index contributed by atoms with van der Waals surface area (Å²) in [6.07, 6.45) is 6.63. The predicted octanol–water partition coefficient (Wildman–Crippen LogP) is 1.56. The lowest BCUT2D eigenvalue weighted by Crippen LogP contribution is -2.40. The first-order valence-electron chi connectivity index (χ1n) is 9.72. The summed E-state index contributed by atoms with van der Waals surface area (Å²) in [5.74, 6) is 2.71. The molecule has 1 aliphatic heterocycles. The summed E-state index contributed by atoms with van der Waals surface area (Å²) in [4.78, 5) is 6.88. The zero-order chi connectivity index (χ0) is 18.2. The van der Waals surface area contributed by atoms with Crippen LogP contribution in [0.2, 0.25) is 0 Å². The smallest absolute Gasteiger partial charge is 0.190 e. The highest BCUT2D eigenvalue weighted by molar-refractivity contribution is 5.79. The number of hydrogen-bond donors (Lipinski definition) is 2. The monoisotopic (exact) mass is 357 g/mol. The van der Waals surface area contributed by atoms with Gasteiger partial charge in [0.15, 0.2) is 11.6 Å². The lowest BCUT2D eigenvalue weighted by atomic mass is 9.99. The Bertz CT molecular complexity index is 701. The van der Waals surface area contributed by atoms with E-state index in [0.717, 1.165) is 49.3 Å². The standard InChI is InChI=1S/C19H31N7/c1-16-8-14-25(15-9-16)12-5-10-21-19(20-2)22-11-7-18-24-23-17-6-3-4-13-26(17)18/h3-4,6,13,16H,5,7-12,14-15H2,1-2H3,(H2,20,21,22). The average Bonchev–Trinajstić information content (AvgIpc) is 3.08. The average molecular weight is 358 g/mol. The minimum atomic E-state index is 0.777. The van der Waals surface area contributed by atoms with Crippen molar-refractivity contribution < 1.29 is 0 Å². The Morgan fingerprint density at radius 2 is 2.00 bits per heavy atom. The summed E-state index contributed by atoms with van der Waals surface area (Å²) >= 11 is 0. The quantitative estimate of drug-likeness (QED) is 0.447. The third-order valence-electron chi connectivity index (χ3n) is 5.07. The van der Waals surface area contributed by atoms with Gasteiger partial charge in [0, 0.05) is 32.8 Å². The van der Waals surface area contributed by atoms with Gasteiger partial charge >= 0.3 is 0 Å². The molecule has 142 valence electrons. The molecule has 26 heavy (non-hydrogen) atoms. The maximum Gasteiger partial charge on any atom is 0.190 e. The van der Waals surface area contributed by atoms with Gasteiger partial charge in [0.2, 0.25) is 0 Å². The number of likely N-dealkylation sites (tertiary alicyclic amines) is 1. The van der Waals surface area contributed by atoms with Crippen molar-refractivity contribution in [2.24, 2.45) is 10.9 Å². The number of aromatic nitrogens is 3. The lowest BCUT2D eigenvalue weighted by molar-refractivity contribution is 0.191. The van der Waals surface area contributed by atoms with E-state index in [1.165, 1.54) is 32.5 Å².